The van der Waals surface area contributed by atoms with Gasteiger partial charge in [-0.15, -0.1) is 10.2 Å². The minimum atomic E-state index is 0.0180. The van der Waals surface area contributed by atoms with Crippen molar-refractivity contribution in [3.05, 3.63) is 71.4 Å². The molecule has 2 aromatic heterocycles. The third-order valence-electron chi connectivity index (χ3n) is 5.11. The van der Waals surface area contributed by atoms with Crippen molar-refractivity contribution in [3.8, 4) is 0 Å². The Morgan fingerprint density at radius 2 is 1.81 bits per heavy atom. The quantitative estimate of drug-likeness (QED) is 0.276. The number of benzene rings is 2. The van der Waals surface area contributed by atoms with Crippen molar-refractivity contribution < 1.29 is 4.79 Å². The molecule has 32 heavy (non-hydrogen) atoms. The number of hydrogen-bond acceptors (Lipinski definition) is 6. The number of aromatic amines is 1. The highest BCUT2D eigenvalue weighted by Crippen LogP contribution is 2.31. The molecule has 0 aliphatic rings. The molecule has 2 N–H and O–H groups in total. The Bertz CT molecular complexity index is 1170. The molecule has 0 spiro atoms. The zero-order chi connectivity index (χ0) is 22.3. The molecular formula is C24H26N4OS3. The second-order valence-corrected chi connectivity index (χ2v) is 11.2. The lowest BCUT2D eigenvalue weighted by molar-refractivity contribution is -0.118. The van der Waals surface area contributed by atoms with Crippen LogP contribution in [0.2, 0.25) is 0 Å². The van der Waals surface area contributed by atoms with Crippen LogP contribution in [0.15, 0.2) is 63.4 Å². The van der Waals surface area contributed by atoms with Gasteiger partial charge in [0, 0.05) is 29.4 Å². The Kier molecular flexibility index (Phi) is 7.89. The van der Waals surface area contributed by atoms with Gasteiger partial charge in [0.25, 0.3) is 0 Å². The van der Waals surface area contributed by atoms with Crippen molar-refractivity contribution in [1.29, 1.82) is 0 Å². The van der Waals surface area contributed by atoms with Gasteiger partial charge in [0.1, 0.15) is 0 Å². The fraction of sp³-hybridized carbons (Fsp3) is 0.292. The van der Waals surface area contributed by atoms with E-state index in [2.05, 4.69) is 70.7 Å². The zero-order valence-electron chi connectivity index (χ0n) is 18.1. The molecule has 0 radical (unpaired) electrons. The standard InChI is InChI=1S/C24H26N4OS3/c1-16(2)18-9-7-17(8-10-18)14-30-23-27-28-24(32-23)31-15-22(29)25-12-11-19-13-26-21-6-4-3-5-20(19)21/h3-10,13,16,26H,11-12,14-15H2,1-2H3,(H,25,29). The summed E-state index contributed by atoms with van der Waals surface area (Å²) in [6.45, 7) is 5.02. The van der Waals surface area contributed by atoms with E-state index in [-0.39, 0.29) is 5.91 Å². The number of nitrogens with one attached hydrogen (secondary N) is 2. The molecule has 0 atom stereocenters. The first-order valence-electron chi connectivity index (χ1n) is 10.6. The molecule has 0 saturated heterocycles. The molecule has 4 aromatic rings. The number of thioether (sulfide) groups is 2. The lowest BCUT2D eigenvalue weighted by Crippen LogP contribution is -2.27. The molecule has 166 valence electrons. The van der Waals surface area contributed by atoms with Gasteiger partial charge in [0.15, 0.2) is 8.68 Å². The van der Waals surface area contributed by atoms with Gasteiger partial charge in [-0.05, 0) is 35.1 Å². The molecular weight excluding hydrogens is 456 g/mol. The fourth-order valence-corrected chi connectivity index (χ4v) is 6.12. The lowest BCUT2D eigenvalue weighted by Gasteiger charge is -2.06. The predicted octanol–water partition coefficient (Wildman–Crippen LogP) is 5.89. The van der Waals surface area contributed by atoms with E-state index in [1.165, 1.54) is 33.8 Å². The number of fused-ring (bicyclic) bond motifs is 1. The van der Waals surface area contributed by atoms with E-state index < -0.39 is 0 Å². The minimum Gasteiger partial charge on any atom is -0.361 e. The van der Waals surface area contributed by atoms with Crippen LogP contribution in [0.25, 0.3) is 10.9 Å². The molecule has 4 rings (SSSR count). The summed E-state index contributed by atoms with van der Waals surface area (Å²) in [7, 11) is 0. The van der Waals surface area contributed by atoms with E-state index in [9.17, 15) is 4.79 Å². The average molecular weight is 483 g/mol. The van der Waals surface area contributed by atoms with Gasteiger partial charge in [-0.1, -0.05) is 91.2 Å². The summed E-state index contributed by atoms with van der Waals surface area (Å²) in [5.41, 5.74) is 4.98. The maximum Gasteiger partial charge on any atom is 0.230 e. The van der Waals surface area contributed by atoms with Crippen molar-refractivity contribution in [2.24, 2.45) is 0 Å². The molecule has 8 heteroatoms. The topological polar surface area (TPSA) is 70.7 Å². The number of hydrogen-bond donors (Lipinski definition) is 2. The molecule has 0 aliphatic heterocycles. The molecule has 2 aromatic carbocycles. The highest BCUT2D eigenvalue weighted by atomic mass is 32.2. The average Bonchev–Trinajstić information content (AvgIpc) is 3.44. The largest absolute Gasteiger partial charge is 0.361 e. The first-order chi connectivity index (χ1) is 15.6. The van der Waals surface area contributed by atoms with Crippen LogP contribution in [0.3, 0.4) is 0 Å². The van der Waals surface area contributed by atoms with Gasteiger partial charge >= 0.3 is 0 Å². The molecule has 0 aliphatic carbocycles. The predicted molar refractivity (Wildman–Crippen MR) is 136 cm³/mol. The van der Waals surface area contributed by atoms with Crippen LogP contribution in [-0.4, -0.2) is 33.4 Å². The highest BCUT2D eigenvalue weighted by molar-refractivity contribution is 8.03. The summed E-state index contributed by atoms with van der Waals surface area (Å²) >= 11 is 4.67. The maximum atomic E-state index is 12.2. The Morgan fingerprint density at radius 3 is 2.59 bits per heavy atom. The molecule has 0 unspecified atom stereocenters. The summed E-state index contributed by atoms with van der Waals surface area (Å²) in [5, 5.41) is 12.7. The Hall–Kier alpha value is -2.29. The number of nitrogens with zero attached hydrogens (tertiary/aromatic N) is 2. The third-order valence-corrected chi connectivity index (χ3v) is 8.38. The van der Waals surface area contributed by atoms with Gasteiger partial charge in [-0.25, -0.2) is 0 Å². The van der Waals surface area contributed by atoms with E-state index >= 15 is 0 Å². The SMILES string of the molecule is CC(C)c1ccc(CSc2nnc(SCC(=O)NCCc3c[nH]c4ccccc34)s2)cc1. The van der Waals surface area contributed by atoms with Crippen molar-refractivity contribution in [2.45, 2.75) is 40.6 Å². The van der Waals surface area contributed by atoms with E-state index in [4.69, 9.17) is 0 Å². The van der Waals surface area contributed by atoms with Crippen LogP contribution in [0.5, 0.6) is 0 Å². The van der Waals surface area contributed by atoms with Crippen molar-refractivity contribution in [1.82, 2.24) is 20.5 Å². The van der Waals surface area contributed by atoms with Gasteiger partial charge in [-0.2, -0.15) is 0 Å². The first-order valence-corrected chi connectivity index (χ1v) is 13.4. The summed E-state index contributed by atoms with van der Waals surface area (Å²) < 4.78 is 1.76. The Morgan fingerprint density at radius 1 is 1.06 bits per heavy atom. The molecule has 0 bridgehead atoms. The fourth-order valence-electron chi connectivity index (χ4n) is 3.31. The summed E-state index contributed by atoms with van der Waals surface area (Å²) in [4.78, 5) is 15.5. The van der Waals surface area contributed by atoms with E-state index in [1.54, 1.807) is 23.1 Å². The van der Waals surface area contributed by atoms with Crippen LogP contribution in [0.4, 0.5) is 0 Å². The number of amides is 1. The van der Waals surface area contributed by atoms with E-state index in [1.807, 2.05) is 18.3 Å². The van der Waals surface area contributed by atoms with Crippen LogP contribution in [0, 0.1) is 0 Å². The smallest absolute Gasteiger partial charge is 0.230 e. The van der Waals surface area contributed by atoms with Crippen LogP contribution in [-0.2, 0) is 17.0 Å². The number of aromatic nitrogens is 3. The third kappa shape index (κ3) is 6.15. The Balaban J connectivity index is 1.18. The van der Waals surface area contributed by atoms with E-state index in [0.717, 1.165) is 26.4 Å². The molecule has 1 amide bonds. The monoisotopic (exact) mass is 482 g/mol. The summed E-state index contributed by atoms with van der Waals surface area (Å²) in [6, 6.07) is 17.0. The summed E-state index contributed by atoms with van der Waals surface area (Å²) in [6.07, 6.45) is 2.82. The number of carbonyl (C=O) groups is 1. The van der Waals surface area contributed by atoms with Gasteiger partial charge in [0.05, 0.1) is 5.75 Å². The summed E-state index contributed by atoms with van der Waals surface area (Å²) in [5.74, 6) is 1.78. The van der Waals surface area contributed by atoms with Crippen LogP contribution < -0.4 is 5.32 Å². The van der Waals surface area contributed by atoms with Crippen molar-refractivity contribution in [3.63, 3.8) is 0 Å². The molecule has 0 fully saturated rings. The lowest BCUT2D eigenvalue weighted by atomic mass is 10.0. The molecule has 5 nitrogen and oxygen atoms in total. The van der Waals surface area contributed by atoms with Crippen LogP contribution in [0.1, 0.15) is 36.5 Å². The van der Waals surface area contributed by atoms with Gasteiger partial charge in [-0.3, -0.25) is 4.79 Å². The number of rotatable bonds is 10. The van der Waals surface area contributed by atoms with Crippen molar-refractivity contribution >= 4 is 51.7 Å². The number of carbonyl (C=O) groups excluding carboxylic acids is 1. The molecule has 0 saturated carbocycles. The second kappa shape index (κ2) is 11.0. The second-order valence-electron chi connectivity index (χ2n) is 7.77. The minimum absolute atomic E-state index is 0.0180. The van der Waals surface area contributed by atoms with E-state index in [0.29, 0.717) is 18.2 Å². The number of para-hydroxylation sites is 1. The normalized spacial score (nSPS) is 11.3. The van der Waals surface area contributed by atoms with Gasteiger partial charge < -0.3 is 10.3 Å². The Labute approximate surface area is 200 Å². The van der Waals surface area contributed by atoms with Crippen molar-refractivity contribution in [2.75, 3.05) is 12.3 Å². The maximum absolute atomic E-state index is 12.2. The number of H-pyrrole nitrogens is 1. The molecule has 2 heterocycles. The van der Waals surface area contributed by atoms with Crippen LogP contribution >= 0.6 is 34.9 Å². The highest BCUT2D eigenvalue weighted by Gasteiger charge is 2.10. The zero-order valence-corrected chi connectivity index (χ0v) is 20.6. The van der Waals surface area contributed by atoms with Gasteiger partial charge in [0.2, 0.25) is 5.91 Å². The first kappa shape index (κ1) is 22.9.